The number of nitrogens with two attached hydrogens (primary N) is 1. The summed E-state index contributed by atoms with van der Waals surface area (Å²) in [6.45, 7) is 7.43. The first kappa shape index (κ1) is 24.4. The zero-order valence-electron chi connectivity index (χ0n) is 20.4. The summed E-state index contributed by atoms with van der Waals surface area (Å²) in [6.07, 6.45) is 4.31. The molecular formula is C26H31N5O4. The lowest BCUT2D eigenvalue weighted by Gasteiger charge is -2.30. The van der Waals surface area contributed by atoms with Crippen molar-refractivity contribution in [3.05, 3.63) is 58.6 Å². The number of aryl methyl sites for hydroxylation is 1. The summed E-state index contributed by atoms with van der Waals surface area (Å²) >= 11 is 0. The quantitative estimate of drug-likeness (QED) is 0.605. The second-order valence-corrected chi connectivity index (χ2v) is 9.06. The highest BCUT2D eigenvalue weighted by Crippen LogP contribution is 2.26. The molecule has 35 heavy (non-hydrogen) atoms. The molecule has 1 saturated heterocycles. The van der Waals surface area contributed by atoms with Crippen molar-refractivity contribution in [2.45, 2.75) is 40.2 Å². The average molecular weight is 478 g/mol. The molecule has 1 unspecified atom stereocenters. The number of Topliss-reactive ketones (excluding diaryl/α,β-unsaturated/α-hetero) is 1. The van der Waals surface area contributed by atoms with Crippen LogP contribution >= 0.6 is 0 Å². The van der Waals surface area contributed by atoms with E-state index in [9.17, 15) is 14.4 Å². The van der Waals surface area contributed by atoms with Crippen LogP contribution in [0.15, 0.2) is 36.2 Å². The molecule has 1 fully saturated rings. The first-order chi connectivity index (χ1) is 16.8. The second-order valence-electron chi connectivity index (χ2n) is 9.06. The molecule has 184 valence electrons. The van der Waals surface area contributed by atoms with Gasteiger partial charge >= 0.3 is 0 Å². The van der Waals surface area contributed by atoms with Crippen LogP contribution in [-0.4, -0.2) is 63.6 Å². The van der Waals surface area contributed by atoms with E-state index in [0.29, 0.717) is 55.3 Å². The third-order valence-corrected chi connectivity index (χ3v) is 6.66. The third-order valence-electron chi connectivity index (χ3n) is 6.66. The molecule has 0 spiro atoms. The molecule has 4 rings (SSSR count). The summed E-state index contributed by atoms with van der Waals surface area (Å²) in [7, 11) is 0. The maximum Gasteiger partial charge on any atom is 0.228 e. The van der Waals surface area contributed by atoms with Crippen molar-refractivity contribution in [1.82, 2.24) is 19.8 Å². The van der Waals surface area contributed by atoms with E-state index in [1.54, 1.807) is 17.3 Å². The van der Waals surface area contributed by atoms with Gasteiger partial charge in [-0.1, -0.05) is 0 Å². The van der Waals surface area contributed by atoms with Gasteiger partial charge in [-0.25, -0.2) is 4.98 Å². The van der Waals surface area contributed by atoms with Crippen molar-refractivity contribution in [2.24, 2.45) is 11.7 Å². The first-order valence-corrected chi connectivity index (χ1v) is 11.9. The van der Waals surface area contributed by atoms with Crippen molar-refractivity contribution in [3.63, 3.8) is 0 Å². The lowest BCUT2D eigenvalue weighted by atomic mass is 9.99. The van der Waals surface area contributed by atoms with E-state index in [1.807, 2.05) is 36.9 Å². The van der Waals surface area contributed by atoms with Crippen LogP contribution in [0.1, 0.15) is 42.7 Å². The monoisotopic (exact) mass is 477 g/mol. The van der Waals surface area contributed by atoms with Crippen molar-refractivity contribution in [1.29, 1.82) is 0 Å². The van der Waals surface area contributed by atoms with E-state index in [-0.39, 0.29) is 36.5 Å². The lowest BCUT2D eigenvalue weighted by Crippen LogP contribution is -2.40. The number of ketones is 1. The lowest BCUT2D eigenvalue weighted by molar-refractivity contribution is -0.136. The van der Waals surface area contributed by atoms with Crippen LogP contribution in [0, 0.1) is 12.8 Å². The Balaban J connectivity index is 1.42. The van der Waals surface area contributed by atoms with E-state index in [2.05, 4.69) is 9.97 Å². The number of hydrogen-bond donors (Lipinski definition) is 1. The predicted octanol–water partition coefficient (Wildman–Crippen LogP) is 1.88. The maximum absolute atomic E-state index is 13.0. The maximum atomic E-state index is 13.0. The molecule has 0 radical (unpaired) electrons. The SMILES string of the molecule is CCN1CC(C(=O)N2CCc3cc(OC/C(C(C)=O)=C(/N)c4ccc(C)nc4)ncc3C2)CC1=O. The number of aromatic nitrogens is 2. The van der Waals surface area contributed by atoms with E-state index in [0.717, 1.165) is 16.8 Å². The molecule has 2 aliphatic heterocycles. The van der Waals surface area contributed by atoms with Crippen molar-refractivity contribution in [3.8, 4) is 5.88 Å². The normalized spacial score (nSPS) is 18.3. The Morgan fingerprint density at radius 2 is 2.00 bits per heavy atom. The molecule has 2 amide bonds. The van der Waals surface area contributed by atoms with Crippen LogP contribution in [-0.2, 0) is 27.3 Å². The van der Waals surface area contributed by atoms with Crippen LogP contribution in [0.25, 0.3) is 5.70 Å². The molecule has 9 heteroatoms. The van der Waals surface area contributed by atoms with Crippen LogP contribution in [0.5, 0.6) is 5.88 Å². The zero-order chi connectivity index (χ0) is 25.1. The molecule has 0 aromatic carbocycles. The standard InChI is InChI=1S/C26H31N5O4/c1-4-30-13-20(10-24(30)33)26(34)31-8-7-18-9-23(29-12-21(18)14-31)35-15-22(17(3)32)25(27)19-6-5-16(2)28-11-19/h5-6,9,11-12,20H,4,7-8,10,13-15,27H2,1-3H3/b25-22-. The van der Waals surface area contributed by atoms with Gasteiger partial charge in [0.25, 0.3) is 0 Å². The smallest absolute Gasteiger partial charge is 0.228 e. The predicted molar refractivity (Wildman–Crippen MR) is 130 cm³/mol. The number of ether oxygens (including phenoxy) is 1. The minimum atomic E-state index is -0.273. The molecule has 0 bridgehead atoms. The average Bonchev–Trinajstić information content (AvgIpc) is 3.24. The molecule has 0 aliphatic carbocycles. The van der Waals surface area contributed by atoms with Gasteiger partial charge in [0.05, 0.1) is 17.2 Å². The zero-order valence-corrected chi connectivity index (χ0v) is 20.4. The van der Waals surface area contributed by atoms with Crippen LogP contribution in [0.4, 0.5) is 0 Å². The van der Waals surface area contributed by atoms with Gasteiger partial charge in [0.2, 0.25) is 17.7 Å². The summed E-state index contributed by atoms with van der Waals surface area (Å²) in [5.41, 5.74) is 10.5. The Bertz CT molecular complexity index is 1170. The number of pyridine rings is 2. The van der Waals surface area contributed by atoms with Crippen molar-refractivity contribution in [2.75, 3.05) is 26.2 Å². The number of likely N-dealkylation sites (tertiary alicyclic amines) is 1. The van der Waals surface area contributed by atoms with Gasteiger partial charge in [0.1, 0.15) is 6.61 Å². The van der Waals surface area contributed by atoms with Crippen LogP contribution in [0.2, 0.25) is 0 Å². The number of hydrogen-bond acceptors (Lipinski definition) is 7. The summed E-state index contributed by atoms with van der Waals surface area (Å²) in [4.78, 5) is 49.4. The van der Waals surface area contributed by atoms with Gasteiger partial charge < -0.3 is 20.3 Å². The molecule has 2 N–H and O–H groups in total. The number of carbonyl (C=O) groups is 3. The number of rotatable bonds is 7. The fourth-order valence-electron chi connectivity index (χ4n) is 4.50. The highest BCUT2D eigenvalue weighted by atomic mass is 16.5. The third kappa shape index (κ3) is 5.34. The Kier molecular flexibility index (Phi) is 7.14. The van der Waals surface area contributed by atoms with Crippen molar-refractivity contribution >= 4 is 23.3 Å². The van der Waals surface area contributed by atoms with Gasteiger partial charge in [-0.15, -0.1) is 0 Å². The second kappa shape index (κ2) is 10.2. The first-order valence-electron chi connectivity index (χ1n) is 11.9. The number of amides is 2. The van der Waals surface area contributed by atoms with E-state index in [4.69, 9.17) is 10.5 Å². The molecule has 2 aromatic rings. The van der Waals surface area contributed by atoms with Crippen LogP contribution in [0.3, 0.4) is 0 Å². The Labute approximate surface area is 205 Å². The van der Waals surface area contributed by atoms with Gasteiger partial charge in [-0.3, -0.25) is 19.4 Å². The van der Waals surface area contributed by atoms with E-state index in [1.165, 1.54) is 6.92 Å². The largest absolute Gasteiger partial charge is 0.473 e. The van der Waals surface area contributed by atoms with Gasteiger partial charge in [-0.05, 0) is 50.5 Å². The topological polar surface area (TPSA) is 119 Å². The summed E-state index contributed by atoms with van der Waals surface area (Å²) < 4.78 is 5.84. The molecule has 1 atom stereocenters. The van der Waals surface area contributed by atoms with Crippen LogP contribution < -0.4 is 10.5 Å². The minimum absolute atomic E-state index is 0.00488. The molecular weight excluding hydrogens is 446 g/mol. The fraction of sp³-hybridized carbons (Fsp3) is 0.423. The Morgan fingerprint density at radius 1 is 1.20 bits per heavy atom. The van der Waals surface area contributed by atoms with Crippen molar-refractivity contribution < 1.29 is 19.1 Å². The molecule has 0 saturated carbocycles. The fourth-order valence-corrected chi connectivity index (χ4v) is 4.50. The summed E-state index contributed by atoms with van der Waals surface area (Å²) in [5.74, 6) is 0.0207. The number of fused-ring (bicyclic) bond motifs is 1. The number of nitrogens with zero attached hydrogens (tertiary/aromatic N) is 4. The van der Waals surface area contributed by atoms with Gasteiger partial charge in [-0.2, -0.15) is 0 Å². The van der Waals surface area contributed by atoms with Gasteiger partial charge in [0, 0.05) is 62.3 Å². The molecule has 9 nitrogen and oxygen atoms in total. The molecule has 2 aromatic heterocycles. The highest BCUT2D eigenvalue weighted by molar-refractivity contribution is 6.00. The molecule has 2 aliphatic rings. The summed E-state index contributed by atoms with van der Waals surface area (Å²) in [5, 5.41) is 0. The number of carbonyl (C=O) groups excluding carboxylic acids is 3. The Morgan fingerprint density at radius 3 is 2.66 bits per heavy atom. The highest BCUT2D eigenvalue weighted by Gasteiger charge is 2.36. The molecule has 4 heterocycles. The summed E-state index contributed by atoms with van der Waals surface area (Å²) in [6, 6.07) is 5.52. The van der Waals surface area contributed by atoms with E-state index >= 15 is 0 Å². The minimum Gasteiger partial charge on any atom is -0.473 e. The van der Waals surface area contributed by atoms with E-state index < -0.39 is 0 Å². The Hall–Kier alpha value is -3.75. The van der Waals surface area contributed by atoms with Gasteiger partial charge in [0.15, 0.2) is 5.78 Å².